The lowest BCUT2D eigenvalue weighted by Gasteiger charge is -2.30. The number of aliphatic hydroxyl groups is 1. The number of nitrogens with one attached hydrogen (secondary N) is 3. The number of carbonyl (C=O) groups excluding carboxylic acids is 4. The molecule has 1 heterocycles. The van der Waals surface area contributed by atoms with Crippen molar-refractivity contribution in [2.24, 2.45) is 5.73 Å². The smallest absolute Gasteiger partial charge is 0.407 e. The molecule has 17 heteroatoms. The predicted octanol–water partition coefficient (Wildman–Crippen LogP) is 0.267. The first kappa shape index (κ1) is 32.5. The van der Waals surface area contributed by atoms with Gasteiger partial charge < -0.3 is 41.2 Å². The highest BCUT2D eigenvalue weighted by molar-refractivity contribution is 6.10. The van der Waals surface area contributed by atoms with Crippen molar-refractivity contribution < 1.29 is 55.7 Å². The molecule has 40 heavy (non-hydrogen) atoms. The molecule has 0 radical (unpaired) electrons. The van der Waals surface area contributed by atoms with Gasteiger partial charge in [-0.3, -0.25) is 14.4 Å². The monoisotopic (exact) mass is 583 g/mol. The fourth-order valence-electron chi connectivity index (χ4n) is 3.32. The third kappa shape index (κ3) is 7.68. The highest BCUT2D eigenvalue weighted by Crippen LogP contribution is 2.34. The molecule has 1 aliphatic rings. The molecule has 224 valence electrons. The number of ether oxygens (including phenoxy) is 2. The minimum Gasteiger partial charge on any atom is -0.486 e. The molecular formula is C23H30F5N5O7. The second-order valence-corrected chi connectivity index (χ2v) is 9.08. The number of nitrogens with zero attached hydrogens (tertiary/aromatic N) is 1. The summed E-state index contributed by atoms with van der Waals surface area (Å²) in [5.41, 5.74) is 2.09. The molecule has 0 fully saturated rings. The summed E-state index contributed by atoms with van der Waals surface area (Å²) < 4.78 is 77.8. The Hall–Kier alpha value is -3.73. The van der Waals surface area contributed by atoms with E-state index < -0.39 is 72.4 Å². The first-order valence-electron chi connectivity index (χ1n) is 11.9. The van der Waals surface area contributed by atoms with Gasteiger partial charge in [-0.2, -0.15) is 8.78 Å². The summed E-state index contributed by atoms with van der Waals surface area (Å²) >= 11 is 0. The quantitative estimate of drug-likeness (QED) is 0.182. The maximum Gasteiger partial charge on any atom is 0.407 e. The summed E-state index contributed by atoms with van der Waals surface area (Å²) in [6.07, 6.45) is -2.04. The molecule has 1 unspecified atom stereocenters. The number of halogens is 5. The molecule has 1 aromatic carbocycles. The van der Waals surface area contributed by atoms with Crippen LogP contribution in [0.15, 0.2) is 18.2 Å². The number of nitrogens with two attached hydrogens (primary N) is 1. The number of anilines is 1. The van der Waals surface area contributed by atoms with E-state index in [0.29, 0.717) is 6.92 Å². The zero-order valence-electron chi connectivity index (χ0n) is 21.7. The summed E-state index contributed by atoms with van der Waals surface area (Å²) in [5.74, 6) is -14.2. The van der Waals surface area contributed by atoms with Crippen LogP contribution in [-0.4, -0.2) is 91.3 Å². The van der Waals surface area contributed by atoms with Gasteiger partial charge in [0, 0.05) is 26.1 Å². The number of benzene rings is 1. The summed E-state index contributed by atoms with van der Waals surface area (Å²) in [7, 11) is 0. The second-order valence-electron chi connectivity index (χ2n) is 9.08. The summed E-state index contributed by atoms with van der Waals surface area (Å²) in [6.45, 7) is -0.546. The van der Waals surface area contributed by atoms with Crippen LogP contribution in [-0.2, 0) is 19.1 Å². The SMILES string of the molecule is C[C@H]1Oc2ccc(F)cc2N(CCOC(=O)NCCN)C(=O)[C@H]1NC(=O)C(C)(O)C(=O)NCC(F)(F)C(C)(F)F. The Balaban J connectivity index is 2.23. The summed E-state index contributed by atoms with van der Waals surface area (Å²) in [4.78, 5) is 51.2. The van der Waals surface area contributed by atoms with Crippen molar-refractivity contribution in [1.29, 1.82) is 0 Å². The van der Waals surface area contributed by atoms with Gasteiger partial charge in [0.05, 0.1) is 18.8 Å². The van der Waals surface area contributed by atoms with E-state index in [-0.39, 0.29) is 38.0 Å². The third-order valence-corrected chi connectivity index (χ3v) is 5.77. The number of carbonyl (C=O) groups is 4. The van der Waals surface area contributed by atoms with Gasteiger partial charge in [0.2, 0.25) is 5.60 Å². The number of alkyl halides is 4. The Kier molecular flexibility index (Phi) is 10.3. The topological polar surface area (TPSA) is 172 Å². The minimum absolute atomic E-state index is 0.00110. The Bertz CT molecular complexity index is 1120. The Morgan fingerprint density at radius 1 is 1.15 bits per heavy atom. The van der Waals surface area contributed by atoms with Crippen molar-refractivity contribution in [3.05, 3.63) is 24.0 Å². The van der Waals surface area contributed by atoms with E-state index in [1.165, 1.54) is 18.3 Å². The van der Waals surface area contributed by atoms with Gasteiger partial charge in [-0.25, -0.2) is 18.0 Å². The minimum atomic E-state index is -4.69. The average molecular weight is 584 g/mol. The van der Waals surface area contributed by atoms with Crippen molar-refractivity contribution >= 4 is 29.5 Å². The lowest BCUT2D eigenvalue weighted by Crippen LogP contribution is -2.63. The average Bonchev–Trinajstić information content (AvgIpc) is 2.95. The summed E-state index contributed by atoms with van der Waals surface area (Å²) in [5, 5.41) is 16.2. The molecule has 1 aliphatic heterocycles. The molecule has 12 nitrogen and oxygen atoms in total. The highest BCUT2D eigenvalue weighted by Gasteiger charge is 2.53. The van der Waals surface area contributed by atoms with Crippen LogP contribution in [0.1, 0.15) is 20.8 Å². The molecule has 0 saturated carbocycles. The Morgan fingerprint density at radius 2 is 1.80 bits per heavy atom. The van der Waals surface area contributed by atoms with E-state index >= 15 is 0 Å². The van der Waals surface area contributed by atoms with E-state index in [9.17, 15) is 46.2 Å². The van der Waals surface area contributed by atoms with E-state index in [2.05, 4.69) is 10.6 Å². The van der Waals surface area contributed by atoms with Gasteiger partial charge in [-0.15, -0.1) is 0 Å². The van der Waals surface area contributed by atoms with Gasteiger partial charge >= 0.3 is 17.9 Å². The number of alkyl carbamates (subject to hydrolysis) is 1. The number of hydrogen-bond donors (Lipinski definition) is 5. The lowest BCUT2D eigenvalue weighted by molar-refractivity contribution is -0.195. The molecule has 0 spiro atoms. The number of fused-ring (bicyclic) bond motifs is 1. The summed E-state index contributed by atoms with van der Waals surface area (Å²) in [6, 6.07) is 1.55. The van der Waals surface area contributed by atoms with Crippen molar-refractivity contribution in [2.75, 3.05) is 37.7 Å². The molecule has 0 aliphatic carbocycles. The van der Waals surface area contributed by atoms with Crippen LogP contribution < -0.4 is 31.3 Å². The number of amides is 4. The fraction of sp³-hybridized carbons (Fsp3) is 0.565. The maximum absolute atomic E-state index is 14.0. The van der Waals surface area contributed by atoms with Gasteiger partial charge in [-0.05, 0) is 26.0 Å². The molecular weight excluding hydrogens is 553 g/mol. The van der Waals surface area contributed by atoms with Crippen LogP contribution in [0, 0.1) is 5.82 Å². The van der Waals surface area contributed by atoms with Crippen molar-refractivity contribution in [3.8, 4) is 5.75 Å². The zero-order valence-corrected chi connectivity index (χ0v) is 21.7. The van der Waals surface area contributed by atoms with Gasteiger partial charge in [-0.1, -0.05) is 0 Å². The van der Waals surface area contributed by atoms with Crippen molar-refractivity contribution in [3.63, 3.8) is 0 Å². The first-order chi connectivity index (χ1) is 18.4. The Labute approximate surface area is 225 Å². The van der Waals surface area contributed by atoms with Gasteiger partial charge in [0.25, 0.3) is 17.7 Å². The standard InChI is InChI=1S/C23H30F5N5O7/c1-12-16(32-19(36)21(2,38)18(35)31-11-23(27,28)22(3,25)26)17(34)33(8-9-39-20(37)30-7-6-29)14-10-13(24)4-5-15(14)40-12/h4-5,10,12,16,38H,6-9,11,29H2,1-3H3,(H,30,37)(H,31,35)(H,32,36)/t12-,16+,21?/m1/s1. The van der Waals surface area contributed by atoms with E-state index in [1.807, 2.05) is 0 Å². The molecule has 0 aromatic heterocycles. The fourth-order valence-corrected chi connectivity index (χ4v) is 3.32. The molecule has 1 aromatic rings. The van der Waals surface area contributed by atoms with E-state index in [4.69, 9.17) is 15.2 Å². The Morgan fingerprint density at radius 3 is 2.40 bits per heavy atom. The maximum atomic E-state index is 14.0. The largest absolute Gasteiger partial charge is 0.486 e. The second kappa shape index (κ2) is 12.6. The molecule has 0 saturated heterocycles. The highest BCUT2D eigenvalue weighted by atomic mass is 19.3. The predicted molar refractivity (Wildman–Crippen MR) is 128 cm³/mol. The van der Waals surface area contributed by atoms with E-state index in [1.54, 1.807) is 0 Å². The molecule has 3 atom stereocenters. The molecule has 0 bridgehead atoms. The number of hydrogen-bond acceptors (Lipinski definition) is 8. The van der Waals surface area contributed by atoms with Crippen LogP contribution in [0.5, 0.6) is 5.75 Å². The van der Waals surface area contributed by atoms with Crippen LogP contribution in [0.3, 0.4) is 0 Å². The van der Waals surface area contributed by atoms with Crippen LogP contribution in [0.2, 0.25) is 0 Å². The van der Waals surface area contributed by atoms with Gasteiger partial charge in [0.15, 0.2) is 0 Å². The first-order valence-corrected chi connectivity index (χ1v) is 11.9. The van der Waals surface area contributed by atoms with E-state index in [0.717, 1.165) is 17.0 Å². The van der Waals surface area contributed by atoms with Crippen LogP contribution in [0.4, 0.5) is 32.4 Å². The van der Waals surface area contributed by atoms with Crippen molar-refractivity contribution in [1.82, 2.24) is 16.0 Å². The molecule has 2 rings (SSSR count). The molecule has 4 amide bonds. The van der Waals surface area contributed by atoms with Crippen LogP contribution >= 0.6 is 0 Å². The molecule has 6 N–H and O–H groups in total. The van der Waals surface area contributed by atoms with Crippen molar-refractivity contribution in [2.45, 2.75) is 50.4 Å². The third-order valence-electron chi connectivity index (χ3n) is 5.77. The van der Waals surface area contributed by atoms with Crippen LogP contribution in [0.25, 0.3) is 0 Å². The number of rotatable bonds is 11. The normalized spacial score (nSPS) is 18.9. The lowest BCUT2D eigenvalue weighted by atomic mass is 10.0. The zero-order chi connectivity index (χ0) is 30.5. The van der Waals surface area contributed by atoms with Gasteiger partial charge in [0.1, 0.15) is 30.3 Å².